The van der Waals surface area contributed by atoms with E-state index in [0.29, 0.717) is 0 Å². The summed E-state index contributed by atoms with van der Waals surface area (Å²) >= 11 is 0. The number of carbonyl (C=O) groups excluding carboxylic acids is 1. The van der Waals surface area contributed by atoms with E-state index >= 15 is 0 Å². The van der Waals surface area contributed by atoms with Gasteiger partial charge in [0, 0.05) is 5.56 Å². The number of rotatable bonds is 1. The molecule has 0 spiro atoms. The van der Waals surface area contributed by atoms with Gasteiger partial charge in [0.25, 0.3) is 0 Å². The highest BCUT2D eigenvalue weighted by Gasteiger charge is 2.08. The molecule has 0 amide bonds. The molecule has 3 nitrogen and oxygen atoms in total. The van der Waals surface area contributed by atoms with Gasteiger partial charge in [-0.15, -0.1) is 0 Å². The van der Waals surface area contributed by atoms with Gasteiger partial charge in [-0.05, 0) is 19.1 Å². The van der Waals surface area contributed by atoms with E-state index in [-0.39, 0.29) is 16.8 Å². The average molecular weight is 176 g/mol. The Morgan fingerprint density at radius 2 is 2.23 bits per heavy atom. The summed E-state index contributed by atoms with van der Waals surface area (Å²) < 4.78 is 13.2. The van der Waals surface area contributed by atoms with E-state index in [1.807, 2.05) is 0 Å². The Bertz CT molecular complexity index is 428. The highest BCUT2D eigenvalue weighted by molar-refractivity contribution is 5.56. The van der Waals surface area contributed by atoms with Gasteiger partial charge in [-0.2, -0.15) is 10.3 Å². The first-order valence-corrected chi connectivity index (χ1v) is 3.47. The van der Waals surface area contributed by atoms with Crippen molar-refractivity contribution in [3.63, 3.8) is 0 Å². The maximum absolute atomic E-state index is 13.2. The predicted octanol–water partition coefficient (Wildman–Crippen LogP) is 1.97. The molecular weight excluding hydrogens is 171 g/mol. The molecule has 0 saturated carbocycles. The van der Waals surface area contributed by atoms with Crippen LogP contribution in [0.3, 0.4) is 0 Å². The Kier molecular flexibility index (Phi) is 2.53. The van der Waals surface area contributed by atoms with E-state index in [1.54, 1.807) is 6.07 Å². The third-order valence-corrected chi connectivity index (χ3v) is 1.64. The van der Waals surface area contributed by atoms with Crippen LogP contribution in [-0.2, 0) is 4.79 Å². The molecule has 1 aromatic rings. The normalized spacial score (nSPS) is 8.69. The lowest BCUT2D eigenvalue weighted by Gasteiger charge is -2.00. The van der Waals surface area contributed by atoms with Crippen LogP contribution in [0.4, 0.5) is 10.1 Å². The Morgan fingerprint density at radius 1 is 1.54 bits per heavy atom. The van der Waals surface area contributed by atoms with Crippen LogP contribution in [-0.4, -0.2) is 6.08 Å². The van der Waals surface area contributed by atoms with Crippen molar-refractivity contribution in [1.82, 2.24) is 0 Å². The molecule has 0 saturated heterocycles. The molecule has 4 heteroatoms. The van der Waals surface area contributed by atoms with Crippen LogP contribution < -0.4 is 0 Å². The molecule has 0 aliphatic rings. The van der Waals surface area contributed by atoms with Crippen LogP contribution in [0, 0.1) is 24.1 Å². The minimum absolute atomic E-state index is 0.0534. The van der Waals surface area contributed by atoms with Gasteiger partial charge < -0.3 is 0 Å². The summed E-state index contributed by atoms with van der Waals surface area (Å²) in [5.74, 6) is -0.640. The molecule has 0 heterocycles. The molecule has 0 atom stereocenters. The van der Waals surface area contributed by atoms with Crippen LogP contribution in [0.15, 0.2) is 17.1 Å². The summed E-state index contributed by atoms with van der Waals surface area (Å²) in [6, 6.07) is 4.37. The molecule has 0 bridgehead atoms. The third-order valence-electron chi connectivity index (χ3n) is 1.64. The van der Waals surface area contributed by atoms with Crippen molar-refractivity contribution in [3.8, 4) is 6.07 Å². The van der Waals surface area contributed by atoms with E-state index in [0.717, 1.165) is 0 Å². The van der Waals surface area contributed by atoms with Crippen molar-refractivity contribution in [2.75, 3.05) is 0 Å². The van der Waals surface area contributed by atoms with Gasteiger partial charge in [-0.1, -0.05) is 0 Å². The zero-order chi connectivity index (χ0) is 9.84. The van der Waals surface area contributed by atoms with E-state index in [4.69, 9.17) is 5.26 Å². The molecule has 0 aromatic heterocycles. The zero-order valence-corrected chi connectivity index (χ0v) is 6.84. The molecule has 0 aliphatic carbocycles. The van der Waals surface area contributed by atoms with Gasteiger partial charge in [0.05, 0.1) is 11.3 Å². The van der Waals surface area contributed by atoms with Gasteiger partial charge in [-0.25, -0.2) is 9.18 Å². The van der Waals surface area contributed by atoms with Crippen LogP contribution in [0.25, 0.3) is 0 Å². The van der Waals surface area contributed by atoms with Crippen molar-refractivity contribution in [3.05, 3.63) is 29.1 Å². The van der Waals surface area contributed by atoms with Crippen molar-refractivity contribution in [1.29, 1.82) is 5.26 Å². The highest BCUT2D eigenvalue weighted by atomic mass is 19.1. The smallest absolute Gasteiger partial charge is 0.211 e. The van der Waals surface area contributed by atoms with Crippen LogP contribution in [0.2, 0.25) is 0 Å². The van der Waals surface area contributed by atoms with E-state index < -0.39 is 5.82 Å². The van der Waals surface area contributed by atoms with Crippen molar-refractivity contribution >= 4 is 11.8 Å². The number of isocyanates is 1. The van der Waals surface area contributed by atoms with E-state index in [1.165, 1.54) is 25.1 Å². The fourth-order valence-corrected chi connectivity index (χ4v) is 0.932. The zero-order valence-electron chi connectivity index (χ0n) is 6.84. The highest BCUT2D eigenvalue weighted by Crippen LogP contribution is 2.22. The summed E-state index contributed by atoms with van der Waals surface area (Å²) in [5, 5.41) is 8.47. The number of hydrogen-bond donors (Lipinski definition) is 0. The van der Waals surface area contributed by atoms with E-state index in [9.17, 15) is 9.18 Å². The Hall–Kier alpha value is -1.98. The fourth-order valence-electron chi connectivity index (χ4n) is 0.932. The fraction of sp³-hybridized carbons (Fsp3) is 0.111. The summed E-state index contributed by atoms with van der Waals surface area (Å²) in [5.41, 5.74) is 0.330. The van der Waals surface area contributed by atoms with Gasteiger partial charge in [-0.3, -0.25) is 0 Å². The van der Waals surface area contributed by atoms with Crippen LogP contribution >= 0.6 is 0 Å². The SMILES string of the molecule is Cc1c(N=C=O)ccc(C#N)c1F. The van der Waals surface area contributed by atoms with Gasteiger partial charge in [0.15, 0.2) is 0 Å². The van der Waals surface area contributed by atoms with Crippen molar-refractivity contribution in [2.24, 2.45) is 4.99 Å². The maximum atomic E-state index is 13.2. The number of hydrogen-bond acceptors (Lipinski definition) is 3. The Labute approximate surface area is 74.1 Å². The van der Waals surface area contributed by atoms with Gasteiger partial charge in [0.2, 0.25) is 6.08 Å². The number of halogens is 1. The standard InChI is InChI=1S/C9H5FN2O/c1-6-8(12-5-13)3-2-7(4-11)9(6)10/h2-3H,1H3. The van der Waals surface area contributed by atoms with Crippen molar-refractivity contribution < 1.29 is 9.18 Å². The molecule has 0 radical (unpaired) electrons. The van der Waals surface area contributed by atoms with Crippen molar-refractivity contribution in [2.45, 2.75) is 6.92 Å². The number of aliphatic imine (C=N–C) groups is 1. The second-order valence-electron chi connectivity index (χ2n) is 2.39. The van der Waals surface area contributed by atoms with Gasteiger partial charge in [0.1, 0.15) is 11.9 Å². The van der Waals surface area contributed by atoms with Crippen LogP contribution in [0.5, 0.6) is 0 Å². The molecule has 0 N–H and O–H groups in total. The summed E-state index contributed by atoms with van der Waals surface area (Å²) in [4.78, 5) is 13.2. The average Bonchev–Trinajstić information content (AvgIpc) is 2.14. The molecule has 13 heavy (non-hydrogen) atoms. The second-order valence-corrected chi connectivity index (χ2v) is 2.39. The first kappa shape index (κ1) is 9.11. The Morgan fingerprint density at radius 3 is 2.77 bits per heavy atom. The molecular formula is C9H5FN2O. The molecule has 0 fully saturated rings. The van der Waals surface area contributed by atoms with Crippen LogP contribution in [0.1, 0.15) is 11.1 Å². The molecule has 64 valence electrons. The summed E-state index contributed by atoms with van der Waals surface area (Å²) in [6.07, 6.45) is 1.31. The molecule has 0 aliphatic heterocycles. The van der Waals surface area contributed by atoms with Gasteiger partial charge >= 0.3 is 0 Å². The minimum Gasteiger partial charge on any atom is -0.211 e. The Balaban J connectivity index is 3.41. The molecule has 0 unspecified atom stereocenters. The lowest BCUT2D eigenvalue weighted by atomic mass is 10.1. The quantitative estimate of drug-likeness (QED) is 0.485. The number of benzene rings is 1. The lowest BCUT2D eigenvalue weighted by molar-refractivity contribution is 0.565. The summed E-state index contributed by atoms with van der Waals surface area (Å²) in [6.45, 7) is 1.45. The maximum Gasteiger partial charge on any atom is 0.240 e. The number of nitriles is 1. The topological polar surface area (TPSA) is 53.2 Å². The monoisotopic (exact) mass is 176 g/mol. The minimum atomic E-state index is -0.640. The first-order chi connectivity index (χ1) is 6.20. The van der Waals surface area contributed by atoms with E-state index in [2.05, 4.69) is 4.99 Å². The lowest BCUT2D eigenvalue weighted by Crippen LogP contribution is -1.88. The second kappa shape index (κ2) is 3.61. The third kappa shape index (κ3) is 1.61. The number of nitrogens with zero attached hydrogens (tertiary/aromatic N) is 2. The largest absolute Gasteiger partial charge is 0.240 e. The molecule has 1 rings (SSSR count). The predicted molar refractivity (Wildman–Crippen MR) is 43.6 cm³/mol. The summed E-state index contributed by atoms with van der Waals surface area (Å²) in [7, 11) is 0. The molecule has 1 aromatic carbocycles. The first-order valence-electron chi connectivity index (χ1n) is 3.47.